The topological polar surface area (TPSA) is 70.0 Å². The van der Waals surface area contributed by atoms with Crippen LogP contribution in [0.2, 0.25) is 0 Å². The predicted molar refractivity (Wildman–Crippen MR) is 98.2 cm³/mol. The molecule has 0 heterocycles. The van der Waals surface area contributed by atoms with Crippen LogP contribution in [-0.2, 0) is 12.8 Å². The molecule has 1 aliphatic carbocycles. The Labute approximate surface area is 173 Å². The molecule has 2 nitrogen and oxygen atoms in total. The number of aryl methyl sites for hydroxylation is 2. The third-order valence-corrected chi connectivity index (χ3v) is 2.01. The van der Waals surface area contributed by atoms with Gasteiger partial charge in [0.25, 0.3) is 0 Å². The number of hydrogen-bond acceptors (Lipinski definition) is 2. The molecule has 0 amide bonds. The van der Waals surface area contributed by atoms with Gasteiger partial charge < -0.3 is 12.3 Å². The van der Waals surface area contributed by atoms with E-state index in [1.807, 2.05) is 0 Å². The van der Waals surface area contributed by atoms with Gasteiger partial charge in [0.15, 0.2) is 17.4 Å². The summed E-state index contributed by atoms with van der Waals surface area (Å²) in [6.07, 6.45) is 3.96. The molecule has 2 rings (SSSR count). The van der Waals surface area contributed by atoms with E-state index in [0.29, 0.717) is 0 Å². The van der Waals surface area contributed by atoms with Gasteiger partial charge in [0.05, 0.1) is 0 Å². The van der Waals surface area contributed by atoms with Crippen molar-refractivity contribution in [1.29, 1.82) is 0 Å². The first-order valence-corrected chi connectivity index (χ1v) is 3.53. The summed E-state index contributed by atoms with van der Waals surface area (Å²) in [7, 11) is 0. The smallest absolute Gasteiger partial charge is 0.0273 e. The van der Waals surface area contributed by atoms with E-state index in [1.54, 1.807) is 11.1 Å². The second kappa shape index (κ2) is 20.0. The van der Waals surface area contributed by atoms with Crippen LogP contribution in [0.3, 0.4) is 0 Å². The van der Waals surface area contributed by atoms with E-state index in [0.717, 1.165) is 0 Å². The third kappa shape index (κ3) is 10.6. The fraction of sp³-hybridized carbons (Fsp3) is 0.333. The Balaban J connectivity index is -0.0000000357. The SMILES string of the molecule is N.N.[AlH3].[GaH3].[GaH3].[InH3].[InH3].c1ccc2c(c1)CCC2. The van der Waals surface area contributed by atoms with Gasteiger partial charge in [-0.1, -0.05) is 24.3 Å². The molecule has 0 fully saturated rings. The van der Waals surface area contributed by atoms with E-state index in [-0.39, 0.29) is 121 Å². The van der Waals surface area contributed by atoms with E-state index in [2.05, 4.69) is 24.3 Å². The van der Waals surface area contributed by atoms with Crippen molar-refractivity contribution in [2.75, 3.05) is 0 Å². The Morgan fingerprint density at radius 3 is 1.38 bits per heavy atom. The zero-order chi connectivity index (χ0) is 6.10. The maximum absolute atomic E-state index is 2.24. The molecule has 1 aromatic rings. The van der Waals surface area contributed by atoms with E-state index < -0.39 is 0 Å². The maximum Gasteiger partial charge on any atom is -0.0273 e. The fourth-order valence-corrected chi connectivity index (χ4v) is 1.51. The molecule has 0 radical (unpaired) electrons. The first-order valence-electron chi connectivity index (χ1n) is 3.53. The molecule has 0 unspecified atom stereocenters. The summed E-state index contributed by atoms with van der Waals surface area (Å²) >= 11 is 0. The van der Waals surface area contributed by atoms with Crippen LogP contribution < -0.4 is 12.3 Å². The van der Waals surface area contributed by atoms with Gasteiger partial charge in [-0.3, -0.25) is 0 Å². The van der Waals surface area contributed by atoms with Crippen molar-refractivity contribution in [3.05, 3.63) is 35.4 Å². The zero-order valence-corrected chi connectivity index (χ0v) is 6.84. The zero-order valence-electron chi connectivity index (χ0n) is 6.84. The monoisotopic (exact) mass is 562 g/mol. The van der Waals surface area contributed by atoms with Gasteiger partial charge in [-0.05, 0) is 30.4 Å². The number of hydrogen-bond donors (Lipinski definition) is 2. The van der Waals surface area contributed by atoms with Crippen LogP contribution >= 0.6 is 0 Å². The van der Waals surface area contributed by atoms with Crippen LogP contribution in [0.5, 0.6) is 0 Å². The van der Waals surface area contributed by atoms with Gasteiger partial charge >= 0.3 is 91.3 Å². The Morgan fingerprint density at radius 2 is 1.06 bits per heavy atom. The Morgan fingerprint density at radius 1 is 0.750 bits per heavy atom. The molecule has 16 heavy (non-hydrogen) atoms. The van der Waals surface area contributed by atoms with Crippen LogP contribution in [0.15, 0.2) is 24.3 Å². The molecule has 1 aliphatic rings. The van der Waals surface area contributed by atoms with Crippen molar-refractivity contribution in [2.24, 2.45) is 0 Å². The average molecular weight is 563 g/mol. The molecule has 0 saturated heterocycles. The molecular weight excluding hydrogens is 532 g/mol. The largest absolute Gasteiger partial charge is 0.0620 e. The van der Waals surface area contributed by atoms with Gasteiger partial charge in [-0.2, -0.15) is 0 Å². The summed E-state index contributed by atoms with van der Waals surface area (Å²) in [4.78, 5) is 0. The van der Waals surface area contributed by atoms with Crippen molar-refractivity contribution in [3.63, 3.8) is 0 Å². The molecule has 0 saturated carbocycles. The molecule has 0 atom stereocenters. The fourth-order valence-electron chi connectivity index (χ4n) is 1.51. The van der Waals surface area contributed by atoms with E-state index in [1.165, 1.54) is 19.3 Å². The quantitative estimate of drug-likeness (QED) is 0.323. The minimum absolute atomic E-state index is 0. The van der Waals surface area contributed by atoms with Gasteiger partial charge in [0, 0.05) is 0 Å². The van der Waals surface area contributed by atoms with Crippen LogP contribution in [0.25, 0.3) is 0 Å². The maximum atomic E-state index is 2.24. The summed E-state index contributed by atoms with van der Waals surface area (Å²) in [6.45, 7) is 0. The van der Waals surface area contributed by atoms with Crippen molar-refractivity contribution < 1.29 is 0 Å². The summed E-state index contributed by atoms with van der Waals surface area (Å²) in [6, 6.07) is 8.74. The minimum Gasteiger partial charge on any atom is -0.0620 e. The first kappa shape index (κ1) is 36.3. The average Bonchev–Trinajstić information content (AvgIpc) is 2.33. The van der Waals surface area contributed by atoms with Crippen molar-refractivity contribution >= 4 is 109 Å². The molecular formula is C9H31AlGa2In2N2. The summed E-state index contributed by atoms with van der Waals surface area (Å²) < 4.78 is 0. The molecule has 0 spiro atoms. The van der Waals surface area contributed by atoms with Gasteiger partial charge in [-0.15, -0.1) is 0 Å². The first-order chi connectivity index (χ1) is 4.47. The molecule has 1 aromatic carbocycles. The number of benzene rings is 1. The Bertz CT molecular complexity index is 220. The molecule has 92 valence electrons. The third-order valence-electron chi connectivity index (χ3n) is 2.01. The normalized spacial score (nSPS) is 8.75. The Hall–Kier alpha value is 2.69. The van der Waals surface area contributed by atoms with Crippen molar-refractivity contribution in [2.45, 2.75) is 19.3 Å². The summed E-state index contributed by atoms with van der Waals surface area (Å²) in [5, 5.41) is 0. The van der Waals surface area contributed by atoms with Gasteiger partial charge in [-0.25, -0.2) is 0 Å². The second-order valence-corrected chi connectivity index (χ2v) is 2.62. The van der Waals surface area contributed by atoms with Gasteiger partial charge in [0.1, 0.15) is 0 Å². The summed E-state index contributed by atoms with van der Waals surface area (Å²) in [5.41, 5.74) is 3.13. The standard InChI is InChI=1S/C9H10.Al.2Ga.2In.2H3N.15H/c1-2-5-9-7-3-6-8(9)4-1;;;;;;;;;;;;;;;;;;;;;;/h1-2,4-5H,3,6-7H2;;;;;;2*1H3;;;;;;;;;;;;;;;. The van der Waals surface area contributed by atoms with E-state index >= 15 is 0 Å². The van der Waals surface area contributed by atoms with Crippen LogP contribution in [-0.4, -0.2) is 109 Å². The summed E-state index contributed by atoms with van der Waals surface area (Å²) in [5.74, 6) is 0. The molecule has 0 aromatic heterocycles. The van der Waals surface area contributed by atoms with Crippen LogP contribution in [0.4, 0.5) is 0 Å². The van der Waals surface area contributed by atoms with Crippen LogP contribution in [0, 0.1) is 0 Å². The second-order valence-electron chi connectivity index (χ2n) is 2.62. The number of rotatable bonds is 0. The molecule has 0 aliphatic heterocycles. The number of fused-ring (bicyclic) bond motifs is 1. The Kier molecular flexibility index (Phi) is 45.4. The molecule has 7 heteroatoms. The van der Waals surface area contributed by atoms with E-state index in [9.17, 15) is 0 Å². The van der Waals surface area contributed by atoms with E-state index in [4.69, 9.17) is 0 Å². The predicted octanol–water partition coefficient (Wildman–Crippen LogP) is -3.42. The molecule has 6 N–H and O–H groups in total. The van der Waals surface area contributed by atoms with Crippen LogP contribution in [0.1, 0.15) is 17.5 Å². The molecule has 0 bridgehead atoms. The van der Waals surface area contributed by atoms with Crippen molar-refractivity contribution in [3.8, 4) is 0 Å². The van der Waals surface area contributed by atoms with Crippen molar-refractivity contribution in [1.82, 2.24) is 12.3 Å². The minimum atomic E-state index is 0. The van der Waals surface area contributed by atoms with Gasteiger partial charge in [0.2, 0.25) is 0 Å².